The van der Waals surface area contributed by atoms with Crippen molar-refractivity contribution < 1.29 is 16.9 Å². The van der Waals surface area contributed by atoms with Crippen molar-refractivity contribution in [2.75, 3.05) is 5.06 Å². The summed E-state index contributed by atoms with van der Waals surface area (Å²) in [5.41, 5.74) is 1.27. The zero-order valence-corrected chi connectivity index (χ0v) is 9.72. The van der Waals surface area contributed by atoms with Crippen molar-refractivity contribution in [3.63, 3.8) is 0 Å². The summed E-state index contributed by atoms with van der Waals surface area (Å²) < 4.78 is 32.0. The Kier molecular flexibility index (Phi) is 1.65. The molecule has 1 saturated heterocycles. The molecule has 0 unspecified atom stereocenters. The monoisotopic (exact) mass is 262 g/mol. The van der Waals surface area contributed by atoms with E-state index < -0.39 is 10.4 Å². The van der Waals surface area contributed by atoms with Gasteiger partial charge in [-0.15, -0.1) is 9.35 Å². The molecule has 0 bridgehead atoms. The summed E-state index contributed by atoms with van der Waals surface area (Å²) in [4.78, 5) is 4.14. The van der Waals surface area contributed by atoms with Gasteiger partial charge in [0, 0.05) is 5.39 Å². The molecule has 18 heavy (non-hydrogen) atoms. The second-order valence-electron chi connectivity index (χ2n) is 3.91. The molecule has 0 saturated carbocycles. The van der Waals surface area contributed by atoms with Crippen LogP contribution in [0.25, 0.3) is 10.8 Å². The first-order valence-electron chi connectivity index (χ1n) is 5.19. The number of hydrogen-bond acceptors (Lipinski definition) is 6. The van der Waals surface area contributed by atoms with Crippen molar-refractivity contribution in [2.45, 2.75) is 0 Å². The number of hydrogen-bond donors (Lipinski definition) is 0. The predicted molar refractivity (Wildman–Crippen MR) is 64.6 cm³/mol. The van der Waals surface area contributed by atoms with Crippen LogP contribution in [-0.2, 0) is 18.9 Å². The van der Waals surface area contributed by atoms with Crippen molar-refractivity contribution in [3.05, 3.63) is 36.4 Å². The molecule has 0 amide bonds. The maximum atomic E-state index is 11.3. The van der Waals surface area contributed by atoms with E-state index in [2.05, 4.69) is 9.18 Å². The third-order valence-corrected chi connectivity index (χ3v) is 3.50. The SMILES string of the molecule is O=S1(=O)OC2=Nc3cccc4cccc(c34)N2O1. The van der Waals surface area contributed by atoms with E-state index in [0.29, 0.717) is 11.4 Å². The number of hydroxylamine groups is 1. The minimum absolute atomic E-state index is 0.0822. The van der Waals surface area contributed by atoms with Gasteiger partial charge in [-0.1, -0.05) is 24.3 Å². The van der Waals surface area contributed by atoms with Crippen LogP contribution in [0.3, 0.4) is 0 Å². The number of benzene rings is 2. The summed E-state index contributed by atoms with van der Waals surface area (Å²) in [6.45, 7) is 0. The normalized spacial score (nSPS) is 19.3. The van der Waals surface area contributed by atoms with Crippen molar-refractivity contribution in [2.24, 2.45) is 4.99 Å². The second kappa shape index (κ2) is 3.01. The van der Waals surface area contributed by atoms with Gasteiger partial charge in [0.1, 0.15) is 0 Å². The molecule has 7 heteroatoms. The van der Waals surface area contributed by atoms with E-state index in [1.54, 1.807) is 12.1 Å². The van der Waals surface area contributed by atoms with Crippen LogP contribution in [0.1, 0.15) is 0 Å². The molecule has 6 nitrogen and oxygen atoms in total. The van der Waals surface area contributed by atoms with Crippen molar-refractivity contribution in [1.82, 2.24) is 0 Å². The van der Waals surface area contributed by atoms with Crippen LogP contribution in [0.15, 0.2) is 41.4 Å². The first kappa shape index (κ1) is 9.86. The fourth-order valence-electron chi connectivity index (χ4n) is 2.14. The average Bonchev–Trinajstić information content (AvgIpc) is 2.64. The lowest BCUT2D eigenvalue weighted by Crippen LogP contribution is -2.25. The van der Waals surface area contributed by atoms with Crippen LogP contribution in [0.5, 0.6) is 0 Å². The molecule has 2 aromatic carbocycles. The molecular formula is C11H6N2O4S. The number of fused-ring (bicyclic) bond motifs is 2. The summed E-state index contributed by atoms with van der Waals surface area (Å²) in [6.07, 6.45) is 0. The Morgan fingerprint density at radius 2 is 1.89 bits per heavy atom. The molecule has 0 spiro atoms. The van der Waals surface area contributed by atoms with E-state index in [-0.39, 0.29) is 6.02 Å². The molecule has 2 heterocycles. The Balaban J connectivity index is 2.10. The first-order valence-corrected chi connectivity index (χ1v) is 6.52. The minimum Gasteiger partial charge on any atom is -0.320 e. The van der Waals surface area contributed by atoms with Gasteiger partial charge in [0.25, 0.3) is 0 Å². The highest BCUT2D eigenvalue weighted by atomic mass is 32.3. The minimum atomic E-state index is -4.05. The van der Waals surface area contributed by atoms with Gasteiger partial charge in [-0.05, 0) is 17.5 Å². The maximum absolute atomic E-state index is 11.3. The fraction of sp³-hybridized carbons (Fsp3) is 0. The van der Waals surface area contributed by atoms with Gasteiger partial charge in [-0.2, -0.15) is 13.4 Å². The highest BCUT2D eigenvalue weighted by molar-refractivity contribution is 7.82. The Bertz CT molecular complexity index is 808. The zero-order valence-electron chi connectivity index (χ0n) is 8.90. The van der Waals surface area contributed by atoms with Crippen LogP contribution < -0.4 is 5.06 Å². The molecule has 0 N–H and O–H groups in total. The Morgan fingerprint density at radius 1 is 1.11 bits per heavy atom. The number of nitrogens with zero attached hydrogens (tertiary/aromatic N) is 2. The van der Waals surface area contributed by atoms with Crippen LogP contribution in [0.2, 0.25) is 0 Å². The second-order valence-corrected chi connectivity index (χ2v) is 5.04. The lowest BCUT2D eigenvalue weighted by atomic mass is 10.1. The summed E-state index contributed by atoms with van der Waals surface area (Å²) in [7, 11) is -4.05. The highest BCUT2D eigenvalue weighted by Crippen LogP contribution is 2.41. The van der Waals surface area contributed by atoms with E-state index >= 15 is 0 Å². The van der Waals surface area contributed by atoms with Gasteiger partial charge in [-0.25, -0.2) is 0 Å². The lowest BCUT2D eigenvalue weighted by molar-refractivity contribution is 0.336. The van der Waals surface area contributed by atoms with Crippen LogP contribution in [0.4, 0.5) is 11.4 Å². The number of aliphatic imine (C=N–C) groups is 1. The molecule has 0 radical (unpaired) electrons. The quantitative estimate of drug-likeness (QED) is 0.724. The maximum Gasteiger partial charge on any atom is 0.473 e. The summed E-state index contributed by atoms with van der Waals surface area (Å²) in [5, 5.41) is 2.88. The molecule has 0 aliphatic carbocycles. The van der Waals surface area contributed by atoms with Gasteiger partial charge >= 0.3 is 16.4 Å². The van der Waals surface area contributed by atoms with E-state index in [9.17, 15) is 8.42 Å². The number of amidine groups is 1. The van der Waals surface area contributed by atoms with Gasteiger partial charge in [0.2, 0.25) is 0 Å². The average molecular weight is 262 g/mol. The predicted octanol–water partition coefficient (Wildman–Crippen LogP) is 1.85. The Morgan fingerprint density at radius 3 is 2.72 bits per heavy atom. The molecule has 4 rings (SSSR count). The molecule has 2 aromatic rings. The molecule has 0 atom stereocenters. The fourth-order valence-corrected chi connectivity index (χ4v) is 2.78. The van der Waals surface area contributed by atoms with Crippen molar-refractivity contribution in [1.29, 1.82) is 0 Å². The van der Waals surface area contributed by atoms with E-state index in [0.717, 1.165) is 15.8 Å². The number of anilines is 1. The van der Waals surface area contributed by atoms with Crippen molar-refractivity contribution >= 4 is 38.6 Å². The summed E-state index contributed by atoms with van der Waals surface area (Å²) in [5.74, 6) is 0. The Labute approximate surface area is 102 Å². The molecule has 90 valence electrons. The lowest BCUT2D eigenvalue weighted by Gasteiger charge is -2.19. The summed E-state index contributed by atoms with van der Waals surface area (Å²) >= 11 is 0. The standard InChI is InChI=1S/C11H6N2O4S/c14-18(15)16-11-12-8-5-1-3-7-4-2-6-9(10(7)8)13(11)17-18/h1-6H. The van der Waals surface area contributed by atoms with Gasteiger partial charge in [0.15, 0.2) is 0 Å². The Hall–Kier alpha value is -2.12. The van der Waals surface area contributed by atoms with E-state index in [4.69, 9.17) is 4.28 Å². The van der Waals surface area contributed by atoms with Gasteiger partial charge in [0.05, 0.1) is 11.4 Å². The first-order chi connectivity index (χ1) is 8.64. The van der Waals surface area contributed by atoms with Gasteiger partial charge in [-0.3, -0.25) is 0 Å². The molecule has 0 aromatic heterocycles. The topological polar surface area (TPSA) is 68.2 Å². The largest absolute Gasteiger partial charge is 0.473 e. The zero-order chi connectivity index (χ0) is 12.3. The number of rotatable bonds is 0. The van der Waals surface area contributed by atoms with Crippen LogP contribution in [0, 0.1) is 0 Å². The van der Waals surface area contributed by atoms with Gasteiger partial charge < -0.3 is 4.18 Å². The van der Waals surface area contributed by atoms with E-state index in [1.807, 2.05) is 24.3 Å². The highest BCUT2D eigenvalue weighted by Gasteiger charge is 2.39. The van der Waals surface area contributed by atoms with Crippen LogP contribution in [-0.4, -0.2) is 14.4 Å². The molecule has 2 aliphatic rings. The van der Waals surface area contributed by atoms with Crippen molar-refractivity contribution in [3.8, 4) is 0 Å². The van der Waals surface area contributed by atoms with E-state index in [1.165, 1.54) is 0 Å². The molecule has 2 aliphatic heterocycles. The third-order valence-electron chi connectivity index (χ3n) is 2.81. The third kappa shape index (κ3) is 1.20. The molecular weight excluding hydrogens is 256 g/mol. The smallest absolute Gasteiger partial charge is 0.320 e. The molecule has 1 fully saturated rings. The van der Waals surface area contributed by atoms with Crippen LogP contribution >= 0.6 is 0 Å². The summed E-state index contributed by atoms with van der Waals surface area (Å²) in [6, 6.07) is 11.0.